The maximum absolute atomic E-state index is 11.5. The predicted octanol–water partition coefficient (Wildman–Crippen LogP) is 2.96. The number of halogens is 2. The monoisotopic (exact) mass is 305 g/mol. The number of nitrogens with one attached hydrogen (secondary N) is 1. The van der Waals surface area contributed by atoms with E-state index in [0.717, 1.165) is 8.95 Å². The molecule has 0 heterocycles. The van der Waals surface area contributed by atoms with Crippen molar-refractivity contribution < 1.29 is 4.79 Å². The molecule has 0 bridgehead atoms. The van der Waals surface area contributed by atoms with Crippen LogP contribution in [0.3, 0.4) is 0 Å². The molecule has 0 aliphatic rings. The molecule has 4 heteroatoms. The van der Waals surface area contributed by atoms with Crippen LogP contribution in [0.25, 0.3) is 0 Å². The number of amides is 1. The quantitative estimate of drug-likeness (QED) is 0.894. The molecule has 0 atom stereocenters. The van der Waals surface area contributed by atoms with Gasteiger partial charge in [0.2, 0.25) is 0 Å². The fourth-order valence-electron chi connectivity index (χ4n) is 0.964. The van der Waals surface area contributed by atoms with E-state index in [2.05, 4.69) is 37.2 Å². The van der Waals surface area contributed by atoms with E-state index < -0.39 is 0 Å². The maximum Gasteiger partial charge on any atom is 0.253 e. The van der Waals surface area contributed by atoms with E-state index in [9.17, 15) is 4.79 Å². The van der Waals surface area contributed by atoms with Gasteiger partial charge in [0.25, 0.3) is 5.91 Å². The average molecular weight is 307 g/mol. The highest BCUT2D eigenvalue weighted by Crippen LogP contribution is 2.24. The molecule has 0 saturated carbocycles. The van der Waals surface area contributed by atoms with Crippen molar-refractivity contribution in [2.45, 2.75) is 6.92 Å². The highest BCUT2D eigenvalue weighted by atomic mass is 79.9. The fraction of sp³-hybridized carbons (Fsp3) is 0.222. The number of hydrogen-bond donors (Lipinski definition) is 1. The Bertz CT molecular complexity index is 305. The first-order chi connectivity index (χ1) is 6.16. The molecule has 0 aliphatic heterocycles. The number of hydrogen-bond acceptors (Lipinski definition) is 1. The van der Waals surface area contributed by atoms with Crippen molar-refractivity contribution in [3.05, 3.63) is 32.7 Å². The van der Waals surface area contributed by atoms with Crippen molar-refractivity contribution in [3.63, 3.8) is 0 Å². The molecule has 0 aliphatic carbocycles. The Morgan fingerprint density at radius 1 is 1.38 bits per heavy atom. The van der Waals surface area contributed by atoms with E-state index in [1.54, 1.807) is 0 Å². The molecular formula is C9H9Br2NO. The van der Waals surface area contributed by atoms with Gasteiger partial charge < -0.3 is 5.32 Å². The van der Waals surface area contributed by atoms with Gasteiger partial charge in [0.15, 0.2) is 0 Å². The van der Waals surface area contributed by atoms with E-state index in [-0.39, 0.29) is 5.91 Å². The molecule has 1 aromatic carbocycles. The lowest BCUT2D eigenvalue weighted by Gasteiger charge is -2.06. The molecule has 0 radical (unpaired) electrons. The van der Waals surface area contributed by atoms with E-state index in [1.165, 1.54) is 0 Å². The smallest absolute Gasteiger partial charge is 0.253 e. The van der Waals surface area contributed by atoms with Gasteiger partial charge >= 0.3 is 0 Å². The van der Waals surface area contributed by atoms with Gasteiger partial charge in [0.05, 0.1) is 5.56 Å². The van der Waals surface area contributed by atoms with Crippen molar-refractivity contribution in [2.75, 3.05) is 6.54 Å². The van der Waals surface area contributed by atoms with Crippen LogP contribution in [0.1, 0.15) is 17.3 Å². The number of benzene rings is 1. The minimum absolute atomic E-state index is 0.0677. The molecule has 1 aromatic rings. The van der Waals surface area contributed by atoms with Crippen molar-refractivity contribution in [3.8, 4) is 0 Å². The molecule has 0 spiro atoms. The molecule has 13 heavy (non-hydrogen) atoms. The summed E-state index contributed by atoms with van der Waals surface area (Å²) in [6.45, 7) is 2.52. The van der Waals surface area contributed by atoms with Gasteiger partial charge in [-0.1, -0.05) is 6.07 Å². The van der Waals surface area contributed by atoms with Crippen LogP contribution < -0.4 is 5.32 Å². The Hall–Kier alpha value is -0.350. The minimum atomic E-state index is -0.0677. The topological polar surface area (TPSA) is 29.1 Å². The first kappa shape index (κ1) is 10.7. The van der Waals surface area contributed by atoms with Crippen LogP contribution in [0.5, 0.6) is 0 Å². The van der Waals surface area contributed by atoms with Gasteiger partial charge in [-0.05, 0) is 50.9 Å². The van der Waals surface area contributed by atoms with Crippen molar-refractivity contribution in [2.24, 2.45) is 0 Å². The van der Waals surface area contributed by atoms with Crippen LogP contribution in [0.2, 0.25) is 0 Å². The van der Waals surface area contributed by atoms with Crippen LogP contribution in [0.15, 0.2) is 27.1 Å². The Morgan fingerprint density at radius 2 is 1.92 bits per heavy atom. The van der Waals surface area contributed by atoms with Gasteiger partial charge in [0, 0.05) is 15.5 Å². The fourth-order valence-corrected chi connectivity index (χ4v) is 2.32. The average Bonchev–Trinajstić information content (AvgIpc) is 2.04. The van der Waals surface area contributed by atoms with Gasteiger partial charge in [-0.25, -0.2) is 0 Å². The van der Waals surface area contributed by atoms with Crippen LogP contribution in [-0.4, -0.2) is 12.5 Å². The van der Waals surface area contributed by atoms with Gasteiger partial charge in [-0.2, -0.15) is 0 Å². The Morgan fingerprint density at radius 3 is 2.38 bits per heavy atom. The summed E-state index contributed by atoms with van der Waals surface area (Å²) < 4.78 is 1.60. The van der Waals surface area contributed by atoms with Gasteiger partial charge in [0.1, 0.15) is 0 Å². The molecule has 0 fully saturated rings. The number of rotatable bonds is 2. The van der Waals surface area contributed by atoms with E-state index in [1.807, 2.05) is 25.1 Å². The molecule has 0 saturated heterocycles. The summed E-state index contributed by atoms with van der Waals surface area (Å²) in [4.78, 5) is 11.5. The predicted molar refractivity (Wildman–Crippen MR) is 59.8 cm³/mol. The van der Waals surface area contributed by atoms with E-state index in [4.69, 9.17) is 0 Å². The molecular weight excluding hydrogens is 298 g/mol. The number of carbonyl (C=O) groups excluding carboxylic acids is 1. The summed E-state index contributed by atoms with van der Waals surface area (Å²) in [7, 11) is 0. The van der Waals surface area contributed by atoms with Gasteiger partial charge in [-0.3, -0.25) is 4.79 Å². The Balaban J connectivity index is 3.05. The third kappa shape index (κ3) is 2.54. The zero-order valence-electron chi connectivity index (χ0n) is 7.10. The molecule has 0 aromatic heterocycles. The van der Waals surface area contributed by atoms with Crippen LogP contribution >= 0.6 is 31.9 Å². The molecule has 0 unspecified atom stereocenters. The second kappa shape index (κ2) is 4.77. The standard InChI is InChI=1S/C9H9Br2NO/c1-2-12-9(13)8-6(10)4-3-5-7(8)11/h3-5H,2H2,1H3,(H,12,13). The first-order valence-electron chi connectivity index (χ1n) is 3.89. The summed E-state index contributed by atoms with van der Waals surface area (Å²) >= 11 is 6.65. The largest absolute Gasteiger partial charge is 0.352 e. The maximum atomic E-state index is 11.5. The summed E-state index contributed by atoms with van der Waals surface area (Å²) in [5, 5.41) is 2.74. The number of carbonyl (C=O) groups is 1. The molecule has 70 valence electrons. The van der Waals surface area contributed by atoms with Crippen molar-refractivity contribution in [1.82, 2.24) is 5.32 Å². The zero-order valence-corrected chi connectivity index (χ0v) is 10.3. The minimum Gasteiger partial charge on any atom is -0.352 e. The van der Waals surface area contributed by atoms with Crippen LogP contribution in [0.4, 0.5) is 0 Å². The lowest BCUT2D eigenvalue weighted by atomic mass is 10.2. The molecule has 1 rings (SSSR count). The second-order valence-electron chi connectivity index (χ2n) is 2.46. The third-order valence-corrected chi connectivity index (χ3v) is 2.85. The van der Waals surface area contributed by atoms with E-state index >= 15 is 0 Å². The van der Waals surface area contributed by atoms with Crippen molar-refractivity contribution >= 4 is 37.8 Å². The highest BCUT2D eigenvalue weighted by Gasteiger charge is 2.11. The Kier molecular flexibility index (Phi) is 3.93. The summed E-state index contributed by atoms with van der Waals surface area (Å²) in [5.41, 5.74) is 0.643. The Labute approximate surface area is 94.0 Å². The highest BCUT2D eigenvalue weighted by molar-refractivity contribution is 9.11. The molecule has 2 nitrogen and oxygen atoms in total. The van der Waals surface area contributed by atoms with E-state index in [0.29, 0.717) is 12.1 Å². The van der Waals surface area contributed by atoms with Crippen molar-refractivity contribution in [1.29, 1.82) is 0 Å². The SMILES string of the molecule is CCNC(=O)c1c(Br)cccc1Br. The zero-order chi connectivity index (χ0) is 9.84. The summed E-state index contributed by atoms with van der Waals surface area (Å²) in [6.07, 6.45) is 0. The first-order valence-corrected chi connectivity index (χ1v) is 5.47. The summed E-state index contributed by atoms with van der Waals surface area (Å²) in [5.74, 6) is -0.0677. The molecule has 1 amide bonds. The van der Waals surface area contributed by atoms with Crippen LogP contribution in [-0.2, 0) is 0 Å². The summed E-state index contributed by atoms with van der Waals surface area (Å²) in [6, 6.07) is 5.56. The lowest BCUT2D eigenvalue weighted by molar-refractivity contribution is 0.0954. The third-order valence-electron chi connectivity index (χ3n) is 1.53. The second-order valence-corrected chi connectivity index (χ2v) is 4.16. The normalized spacial score (nSPS) is 9.77. The molecule has 1 N–H and O–H groups in total. The lowest BCUT2D eigenvalue weighted by Crippen LogP contribution is -2.23. The van der Waals surface area contributed by atoms with Crippen LogP contribution in [0, 0.1) is 0 Å². The van der Waals surface area contributed by atoms with Gasteiger partial charge in [-0.15, -0.1) is 0 Å².